The van der Waals surface area contributed by atoms with Gasteiger partial charge in [0.15, 0.2) is 11.5 Å². The van der Waals surface area contributed by atoms with Crippen LogP contribution < -0.4 is 19.6 Å². The zero-order valence-electron chi connectivity index (χ0n) is 18.0. The number of nitrogens with zero attached hydrogens (tertiary/aromatic N) is 1. The third-order valence-corrected chi connectivity index (χ3v) is 4.64. The molecule has 6 nitrogen and oxygen atoms in total. The molecule has 7 heteroatoms. The Kier molecular flexibility index (Phi) is 8.52. The summed E-state index contributed by atoms with van der Waals surface area (Å²) in [5, 5.41) is 4.73. The van der Waals surface area contributed by atoms with E-state index in [1.165, 1.54) is 0 Å². The lowest BCUT2D eigenvalue weighted by molar-refractivity contribution is 0.0954. The highest BCUT2D eigenvalue weighted by atomic mass is 35.5. The van der Waals surface area contributed by atoms with E-state index in [0.29, 0.717) is 41.9 Å². The third-order valence-electron chi connectivity index (χ3n) is 4.38. The second kappa shape index (κ2) is 11.8. The molecule has 3 aromatic carbocycles. The van der Waals surface area contributed by atoms with Crippen LogP contribution in [-0.4, -0.2) is 25.3 Å². The fourth-order valence-corrected chi connectivity index (χ4v) is 2.95. The number of hydrogen-bond acceptors (Lipinski definition) is 5. The van der Waals surface area contributed by atoms with Gasteiger partial charge in [0.05, 0.1) is 19.4 Å². The topological polar surface area (TPSA) is 69.2 Å². The van der Waals surface area contributed by atoms with Gasteiger partial charge in [0.25, 0.3) is 5.91 Å². The van der Waals surface area contributed by atoms with Crippen molar-refractivity contribution in [1.82, 2.24) is 5.43 Å². The van der Waals surface area contributed by atoms with Crippen molar-refractivity contribution in [2.45, 2.75) is 20.5 Å². The molecule has 0 unspecified atom stereocenters. The van der Waals surface area contributed by atoms with Crippen LogP contribution in [0, 0.1) is 0 Å². The van der Waals surface area contributed by atoms with Gasteiger partial charge in [-0.25, -0.2) is 5.43 Å². The van der Waals surface area contributed by atoms with Gasteiger partial charge in [-0.15, -0.1) is 0 Å². The van der Waals surface area contributed by atoms with E-state index in [2.05, 4.69) is 10.5 Å². The van der Waals surface area contributed by atoms with Crippen molar-refractivity contribution < 1.29 is 19.0 Å². The zero-order valence-corrected chi connectivity index (χ0v) is 18.8. The summed E-state index contributed by atoms with van der Waals surface area (Å²) >= 11 is 5.89. The Hall–Kier alpha value is -3.51. The molecule has 1 amide bonds. The lowest BCUT2D eigenvalue weighted by Gasteiger charge is -2.11. The van der Waals surface area contributed by atoms with Crippen LogP contribution in [0.15, 0.2) is 71.8 Å². The first-order valence-corrected chi connectivity index (χ1v) is 10.7. The predicted octanol–water partition coefficient (Wildman–Crippen LogP) is 5.48. The maximum absolute atomic E-state index is 12.4. The molecule has 0 fully saturated rings. The molecule has 32 heavy (non-hydrogen) atoms. The SMILES string of the molecule is CCOc1ccc(C(=O)N/N=C/c2ccc(OCc3ccc(Cl)cc3)cc2)cc1OCC. The second-order valence-corrected chi connectivity index (χ2v) is 7.15. The van der Waals surface area contributed by atoms with Gasteiger partial charge in [0.2, 0.25) is 0 Å². The summed E-state index contributed by atoms with van der Waals surface area (Å²) in [6.45, 7) is 5.21. The van der Waals surface area contributed by atoms with Crippen LogP contribution in [0.25, 0.3) is 0 Å². The van der Waals surface area contributed by atoms with Crippen molar-refractivity contribution in [3.63, 3.8) is 0 Å². The zero-order chi connectivity index (χ0) is 22.8. The van der Waals surface area contributed by atoms with Crippen LogP contribution >= 0.6 is 11.6 Å². The highest BCUT2D eigenvalue weighted by Gasteiger charge is 2.11. The van der Waals surface area contributed by atoms with Crippen LogP contribution in [0.3, 0.4) is 0 Å². The van der Waals surface area contributed by atoms with Gasteiger partial charge in [0, 0.05) is 10.6 Å². The summed E-state index contributed by atoms with van der Waals surface area (Å²) < 4.78 is 16.8. The Bertz CT molecular complexity index is 1050. The van der Waals surface area contributed by atoms with Crippen LogP contribution in [0.4, 0.5) is 0 Å². The number of hydrogen-bond donors (Lipinski definition) is 1. The van der Waals surface area contributed by atoms with E-state index in [9.17, 15) is 4.79 Å². The fraction of sp³-hybridized carbons (Fsp3) is 0.200. The van der Waals surface area contributed by atoms with Crippen molar-refractivity contribution in [2.75, 3.05) is 13.2 Å². The van der Waals surface area contributed by atoms with E-state index in [0.717, 1.165) is 16.9 Å². The first kappa shape index (κ1) is 23.2. The second-order valence-electron chi connectivity index (χ2n) is 6.71. The standard InChI is InChI=1S/C25H25ClN2O4/c1-3-30-23-14-9-20(15-24(23)31-4-2)25(29)28-27-16-18-7-12-22(13-8-18)32-17-19-5-10-21(26)11-6-19/h5-16H,3-4,17H2,1-2H3,(H,28,29)/b27-16+. The molecule has 0 radical (unpaired) electrons. The molecular weight excluding hydrogens is 428 g/mol. The highest BCUT2D eigenvalue weighted by Crippen LogP contribution is 2.28. The number of nitrogens with one attached hydrogen (secondary N) is 1. The summed E-state index contributed by atoms with van der Waals surface area (Å²) in [5.74, 6) is 1.53. The minimum absolute atomic E-state index is 0.340. The first-order valence-electron chi connectivity index (χ1n) is 10.3. The smallest absolute Gasteiger partial charge is 0.271 e. The molecule has 0 heterocycles. The molecule has 0 saturated heterocycles. The average Bonchev–Trinajstić information content (AvgIpc) is 2.81. The molecule has 1 N–H and O–H groups in total. The van der Waals surface area contributed by atoms with Gasteiger partial charge in [-0.3, -0.25) is 4.79 Å². The van der Waals surface area contributed by atoms with Gasteiger partial charge >= 0.3 is 0 Å². The Morgan fingerprint density at radius 1 is 0.906 bits per heavy atom. The molecule has 0 aliphatic carbocycles. The summed E-state index contributed by atoms with van der Waals surface area (Å²) in [6.07, 6.45) is 1.57. The normalized spacial score (nSPS) is 10.7. The maximum atomic E-state index is 12.4. The molecular formula is C25H25ClN2O4. The molecule has 0 atom stereocenters. The Labute approximate surface area is 192 Å². The number of carbonyl (C=O) groups excluding carboxylic acids is 1. The number of benzene rings is 3. The minimum Gasteiger partial charge on any atom is -0.490 e. The average molecular weight is 453 g/mol. The number of hydrazone groups is 1. The van der Waals surface area contributed by atoms with E-state index in [-0.39, 0.29) is 5.91 Å². The molecule has 0 aliphatic rings. The Balaban J connectivity index is 1.54. The Morgan fingerprint density at radius 2 is 1.59 bits per heavy atom. The summed E-state index contributed by atoms with van der Waals surface area (Å²) in [7, 11) is 0. The van der Waals surface area contributed by atoms with Gasteiger partial charge < -0.3 is 14.2 Å². The molecule has 3 rings (SSSR count). The van der Waals surface area contributed by atoms with E-state index < -0.39 is 0 Å². The molecule has 0 bridgehead atoms. The number of ether oxygens (including phenoxy) is 3. The number of rotatable bonds is 10. The molecule has 0 aromatic heterocycles. The number of halogens is 1. The number of carbonyl (C=O) groups is 1. The van der Waals surface area contributed by atoms with Gasteiger partial charge in [-0.05, 0) is 79.6 Å². The van der Waals surface area contributed by atoms with Crippen LogP contribution in [0.2, 0.25) is 5.02 Å². The third kappa shape index (κ3) is 6.75. The van der Waals surface area contributed by atoms with Crippen LogP contribution in [0.5, 0.6) is 17.2 Å². The molecule has 3 aromatic rings. The Morgan fingerprint density at radius 3 is 2.28 bits per heavy atom. The van der Waals surface area contributed by atoms with Gasteiger partial charge in [-0.2, -0.15) is 5.10 Å². The predicted molar refractivity (Wildman–Crippen MR) is 126 cm³/mol. The molecule has 0 spiro atoms. The lowest BCUT2D eigenvalue weighted by atomic mass is 10.2. The monoisotopic (exact) mass is 452 g/mol. The van der Waals surface area contributed by atoms with Crippen molar-refractivity contribution in [3.8, 4) is 17.2 Å². The summed E-state index contributed by atoms with van der Waals surface area (Å²) in [6, 6.07) is 20.0. The first-order chi connectivity index (χ1) is 15.6. The van der Waals surface area contributed by atoms with Crippen molar-refractivity contribution in [3.05, 3.63) is 88.4 Å². The quantitative estimate of drug-likeness (QED) is 0.326. The van der Waals surface area contributed by atoms with Crippen LogP contribution in [0.1, 0.15) is 35.3 Å². The summed E-state index contributed by atoms with van der Waals surface area (Å²) in [5.41, 5.74) is 4.81. The minimum atomic E-state index is -0.340. The van der Waals surface area contributed by atoms with Gasteiger partial charge in [0.1, 0.15) is 12.4 Å². The van der Waals surface area contributed by atoms with E-state index in [4.69, 9.17) is 25.8 Å². The van der Waals surface area contributed by atoms with Crippen molar-refractivity contribution >= 4 is 23.7 Å². The van der Waals surface area contributed by atoms with E-state index in [1.807, 2.05) is 62.4 Å². The van der Waals surface area contributed by atoms with Crippen LogP contribution in [-0.2, 0) is 6.61 Å². The van der Waals surface area contributed by atoms with Crippen molar-refractivity contribution in [2.24, 2.45) is 5.10 Å². The molecule has 166 valence electrons. The van der Waals surface area contributed by atoms with E-state index >= 15 is 0 Å². The highest BCUT2D eigenvalue weighted by molar-refractivity contribution is 6.30. The van der Waals surface area contributed by atoms with E-state index in [1.54, 1.807) is 24.4 Å². The van der Waals surface area contributed by atoms with Crippen molar-refractivity contribution in [1.29, 1.82) is 0 Å². The summed E-state index contributed by atoms with van der Waals surface area (Å²) in [4.78, 5) is 12.4. The maximum Gasteiger partial charge on any atom is 0.271 e. The lowest BCUT2D eigenvalue weighted by Crippen LogP contribution is -2.17. The molecule has 0 aliphatic heterocycles. The fourth-order valence-electron chi connectivity index (χ4n) is 2.82. The molecule has 0 saturated carbocycles. The largest absolute Gasteiger partial charge is 0.490 e. The number of amides is 1. The van der Waals surface area contributed by atoms with Gasteiger partial charge in [-0.1, -0.05) is 23.7 Å².